The number of nitrogens with zero attached hydrogens (tertiary/aromatic N) is 1. The van der Waals surface area contributed by atoms with Crippen molar-refractivity contribution in [3.8, 4) is 0 Å². The molecule has 0 unspecified atom stereocenters. The smallest absolute Gasteiger partial charge is 0.230 e. The number of hydrogen-bond donors (Lipinski definition) is 1. The Morgan fingerprint density at radius 2 is 2.10 bits per heavy atom. The highest BCUT2D eigenvalue weighted by atomic mass is 32.2. The van der Waals surface area contributed by atoms with Gasteiger partial charge in [-0.15, -0.1) is 11.3 Å². The molecule has 5 heteroatoms. The van der Waals surface area contributed by atoms with Gasteiger partial charge in [-0.25, -0.2) is 4.98 Å². The second-order valence-corrected chi connectivity index (χ2v) is 7.39. The first kappa shape index (κ1) is 13.9. The zero-order valence-corrected chi connectivity index (χ0v) is 12.9. The molecule has 0 saturated heterocycles. The third-order valence-corrected chi connectivity index (χ3v) is 5.75. The lowest BCUT2D eigenvalue weighted by Gasteiger charge is -2.22. The Bertz CT molecular complexity index is 557. The Morgan fingerprint density at radius 1 is 1.30 bits per heavy atom. The van der Waals surface area contributed by atoms with Crippen LogP contribution in [0.3, 0.4) is 0 Å². The maximum Gasteiger partial charge on any atom is 0.230 e. The third-order valence-electron chi connectivity index (χ3n) is 3.57. The fourth-order valence-electron chi connectivity index (χ4n) is 2.56. The van der Waals surface area contributed by atoms with E-state index in [-0.39, 0.29) is 5.91 Å². The van der Waals surface area contributed by atoms with Gasteiger partial charge in [-0.2, -0.15) is 0 Å². The van der Waals surface area contributed by atoms with Crippen LogP contribution in [0.15, 0.2) is 28.6 Å². The molecular weight excluding hydrogens is 288 g/mol. The van der Waals surface area contributed by atoms with Gasteiger partial charge in [0.05, 0.1) is 16.0 Å². The maximum absolute atomic E-state index is 11.9. The molecule has 1 fully saturated rings. The number of aromatic nitrogens is 1. The number of carbonyl (C=O) groups excluding carboxylic acids is 1. The van der Waals surface area contributed by atoms with Gasteiger partial charge in [0.25, 0.3) is 0 Å². The van der Waals surface area contributed by atoms with Crippen LogP contribution in [0.4, 0.5) is 0 Å². The number of hydrogen-bond acceptors (Lipinski definition) is 4. The summed E-state index contributed by atoms with van der Waals surface area (Å²) in [6.45, 7) is 0. The lowest BCUT2D eigenvalue weighted by molar-refractivity contribution is -0.119. The molecule has 1 aliphatic carbocycles. The minimum Gasteiger partial charge on any atom is -0.353 e. The van der Waals surface area contributed by atoms with Crippen LogP contribution >= 0.6 is 23.1 Å². The summed E-state index contributed by atoms with van der Waals surface area (Å²) in [6.07, 6.45) is 6.08. The summed E-state index contributed by atoms with van der Waals surface area (Å²) in [6, 6.07) is 8.49. The summed E-state index contributed by atoms with van der Waals surface area (Å²) in [7, 11) is 0. The third kappa shape index (κ3) is 3.52. The van der Waals surface area contributed by atoms with E-state index in [9.17, 15) is 4.79 Å². The molecule has 2 aromatic rings. The standard InChI is InChI=1S/C15H18N2OS2/c18-14(16-11-6-2-1-3-7-11)10-19-15-17-12-8-4-5-9-13(12)20-15/h4-5,8-9,11H,1-3,6-7,10H2,(H,16,18). The minimum atomic E-state index is 0.140. The molecule has 3 nitrogen and oxygen atoms in total. The van der Waals surface area contributed by atoms with Crippen LogP contribution in [0.25, 0.3) is 10.2 Å². The highest BCUT2D eigenvalue weighted by Gasteiger charge is 2.16. The molecule has 1 aliphatic rings. The van der Waals surface area contributed by atoms with Gasteiger partial charge in [0.1, 0.15) is 0 Å². The van der Waals surface area contributed by atoms with Gasteiger partial charge in [-0.05, 0) is 25.0 Å². The van der Waals surface area contributed by atoms with E-state index in [1.807, 2.05) is 18.2 Å². The summed E-state index contributed by atoms with van der Waals surface area (Å²) in [4.78, 5) is 16.5. The number of para-hydroxylation sites is 1. The zero-order chi connectivity index (χ0) is 13.8. The van der Waals surface area contributed by atoms with Crippen molar-refractivity contribution in [3.05, 3.63) is 24.3 Å². The molecule has 0 spiro atoms. The van der Waals surface area contributed by atoms with Crippen molar-refractivity contribution in [2.45, 2.75) is 42.5 Å². The summed E-state index contributed by atoms with van der Waals surface area (Å²) >= 11 is 3.20. The fraction of sp³-hybridized carbons (Fsp3) is 0.467. The Morgan fingerprint density at radius 3 is 2.90 bits per heavy atom. The molecule has 0 atom stereocenters. The van der Waals surface area contributed by atoms with E-state index in [0.717, 1.165) is 22.7 Å². The fourth-order valence-corrected chi connectivity index (χ4v) is 4.44. The first-order chi connectivity index (χ1) is 9.81. The number of benzene rings is 1. The lowest BCUT2D eigenvalue weighted by Crippen LogP contribution is -2.37. The van der Waals surface area contributed by atoms with Crippen molar-refractivity contribution in [2.24, 2.45) is 0 Å². The summed E-state index contributed by atoms with van der Waals surface area (Å²) in [5, 5.41) is 3.14. The monoisotopic (exact) mass is 306 g/mol. The Hall–Kier alpha value is -1.07. The molecular formula is C15H18N2OS2. The van der Waals surface area contributed by atoms with Crippen LogP contribution < -0.4 is 5.32 Å². The number of carbonyl (C=O) groups is 1. The predicted octanol–water partition coefficient (Wildman–Crippen LogP) is 3.84. The number of fused-ring (bicyclic) bond motifs is 1. The molecule has 20 heavy (non-hydrogen) atoms. The number of nitrogens with one attached hydrogen (secondary N) is 1. The van der Waals surface area contributed by atoms with Gasteiger partial charge < -0.3 is 5.32 Å². The highest BCUT2D eigenvalue weighted by molar-refractivity contribution is 8.01. The SMILES string of the molecule is O=C(CSc1nc2ccccc2s1)NC1CCCCC1. The molecule has 1 N–H and O–H groups in total. The molecule has 0 bridgehead atoms. The van der Waals surface area contributed by atoms with E-state index in [0.29, 0.717) is 11.8 Å². The molecule has 1 amide bonds. The van der Waals surface area contributed by atoms with E-state index < -0.39 is 0 Å². The van der Waals surface area contributed by atoms with E-state index in [2.05, 4.69) is 16.4 Å². The molecule has 3 rings (SSSR count). The Kier molecular flexibility index (Phi) is 4.58. The van der Waals surface area contributed by atoms with E-state index in [1.165, 1.54) is 35.7 Å². The first-order valence-electron chi connectivity index (χ1n) is 7.09. The molecule has 1 aromatic heterocycles. The van der Waals surface area contributed by atoms with Gasteiger partial charge in [0.2, 0.25) is 5.91 Å². The number of thiazole rings is 1. The van der Waals surface area contributed by atoms with Crippen LogP contribution in [0, 0.1) is 0 Å². The average molecular weight is 306 g/mol. The van der Waals surface area contributed by atoms with Gasteiger partial charge >= 0.3 is 0 Å². The Labute approximate surface area is 127 Å². The summed E-state index contributed by atoms with van der Waals surface area (Å²) < 4.78 is 2.16. The summed E-state index contributed by atoms with van der Waals surface area (Å²) in [5.74, 6) is 0.609. The summed E-state index contributed by atoms with van der Waals surface area (Å²) in [5.41, 5.74) is 1.02. The minimum absolute atomic E-state index is 0.140. The van der Waals surface area contributed by atoms with Crippen LogP contribution in [0.2, 0.25) is 0 Å². The van der Waals surface area contributed by atoms with Gasteiger partial charge in [0, 0.05) is 6.04 Å². The maximum atomic E-state index is 11.9. The van der Waals surface area contributed by atoms with Gasteiger partial charge in [0.15, 0.2) is 4.34 Å². The second kappa shape index (κ2) is 6.59. The highest BCUT2D eigenvalue weighted by Crippen LogP contribution is 2.29. The topological polar surface area (TPSA) is 42.0 Å². The Balaban J connectivity index is 1.51. The van der Waals surface area contributed by atoms with Gasteiger partial charge in [-0.1, -0.05) is 43.2 Å². The van der Waals surface area contributed by atoms with Gasteiger partial charge in [-0.3, -0.25) is 4.79 Å². The van der Waals surface area contributed by atoms with Crippen molar-refractivity contribution in [2.75, 3.05) is 5.75 Å². The van der Waals surface area contributed by atoms with Crippen molar-refractivity contribution < 1.29 is 4.79 Å². The van der Waals surface area contributed by atoms with E-state index in [4.69, 9.17) is 0 Å². The molecule has 1 saturated carbocycles. The van der Waals surface area contributed by atoms with Crippen LogP contribution in [-0.2, 0) is 4.79 Å². The largest absolute Gasteiger partial charge is 0.353 e. The lowest BCUT2D eigenvalue weighted by atomic mass is 9.95. The van der Waals surface area contributed by atoms with Crippen LogP contribution in [-0.4, -0.2) is 22.7 Å². The van der Waals surface area contributed by atoms with Crippen molar-refractivity contribution in [1.82, 2.24) is 10.3 Å². The molecule has 0 radical (unpaired) electrons. The van der Waals surface area contributed by atoms with Crippen LogP contribution in [0.1, 0.15) is 32.1 Å². The molecule has 0 aliphatic heterocycles. The van der Waals surface area contributed by atoms with Crippen molar-refractivity contribution in [3.63, 3.8) is 0 Å². The molecule has 106 valence electrons. The average Bonchev–Trinajstić information content (AvgIpc) is 2.89. The number of thioether (sulfide) groups is 1. The van der Waals surface area contributed by atoms with E-state index in [1.54, 1.807) is 11.3 Å². The first-order valence-corrected chi connectivity index (χ1v) is 8.89. The number of amides is 1. The predicted molar refractivity (Wildman–Crippen MR) is 85.4 cm³/mol. The normalized spacial score (nSPS) is 16.4. The van der Waals surface area contributed by atoms with Crippen molar-refractivity contribution >= 4 is 39.2 Å². The zero-order valence-electron chi connectivity index (χ0n) is 11.3. The second-order valence-electron chi connectivity index (χ2n) is 5.14. The quantitative estimate of drug-likeness (QED) is 0.873. The van der Waals surface area contributed by atoms with E-state index >= 15 is 0 Å². The molecule has 1 aromatic carbocycles. The number of rotatable bonds is 4. The van der Waals surface area contributed by atoms with Crippen LogP contribution in [0.5, 0.6) is 0 Å². The van der Waals surface area contributed by atoms with Crippen molar-refractivity contribution in [1.29, 1.82) is 0 Å². The molecule has 1 heterocycles.